The van der Waals surface area contributed by atoms with Crippen molar-refractivity contribution in [3.8, 4) is 0 Å². The lowest BCUT2D eigenvalue weighted by Crippen LogP contribution is -2.55. The summed E-state index contributed by atoms with van der Waals surface area (Å²) in [5.41, 5.74) is 4.74. The predicted octanol–water partition coefficient (Wildman–Crippen LogP) is 3.61. The number of ether oxygens (including phenoxy) is 1. The minimum Gasteiger partial charge on any atom is -0.444 e. The van der Waals surface area contributed by atoms with Gasteiger partial charge in [-0.15, -0.1) is 0 Å². The van der Waals surface area contributed by atoms with E-state index in [1.165, 1.54) is 12.1 Å². The van der Waals surface area contributed by atoms with Crippen LogP contribution in [0.2, 0.25) is 0 Å². The molecule has 2 aromatic rings. The third kappa shape index (κ3) is 9.57. The molecule has 0 spiro atoms. The normalized spacial score (nSPS) is 13.3. The van der Waals surface area contributed by atoms with E-state index >= 15 is 0 Å². The topological polar surface area (TPSA) is 123 Å². The molecule has 3 amide bonds. The van der Waals surface area contributed by atoms with E-state index in [2.05, 4.69) is 16.0 Å². The highest BCUT2D eigenvalue weighted by Crippen LogP contribution is 2.30. The second kappa shape index (κ2) is 12.4. The number of amides is 3. The first kappa shape index (κ1) is 28.6. The fourth-order valence-corrected chi connectivity index (χ4v) is 3.18. The lowest BCUT2D eigenvalue weighted by molar-refractivity contribution is -0.137. The van der Waals surface area contributed by atoms with Gasteiger partial charge in [-0.05, 0) is 57.4 Å². The maximum Gasteiger partial charge on any atom is 0.416 e. The molecule has 36 heavy (non-hydrogen) atoms. The number of alkyl carbamates (subject to hydrolysis) is 1. The first-order chi connectivity index (χ1) is 16.8. The number of hydrogen-bond donors (Lipinski definition) is 4. The first-order valence-electron chi connectivity index (χ1n) is 11.3. The van der Waals surface area contributed by atoms with Gasteiger partial charge in [0.25, 0.3) is 0 Å². The van der Waals surface area contributed by atoms with Crippen LogP contribution in [0.5, 0.6) is 0 Å². The molecular weight excluding hydrogens is 477 g/mol. The molecule has 2 aromatic carbocycles. The van der Waals surface area contributed by atoms with Gasteiger partial charge in [-0.1, -0.05) is 36.4 Å². The number of alkyl halides is 3. The molecule has 2 atom stereocenters. The second-order valence-electron chi connectivity index (χ2n) is 9.09. The second-order valence-corrected chi connectivity index (χ2v) is 9.09. The van der Waals surface area contributed by atoms with Crippen LogP contribution in [-0.2, 0) is 26.9 Å². The van der Waals surface area contributed by atoms with Crippen LogP contribution in [0.3, 0.4) is 0 Å². The zero-order chi connectivity index (χ0) is 26.9. The van der Waals surface area contributed by atoms with Crippen LogP contribution in [0.15, 0.2) is 54.6 Å². The van der Waals surface area contributed by atoms with Crippen molar-refractivity contribution in [3.63, 3.8) is 0 Å². The van der Waals surface area contributed by atoms with Crippen molar-refractivity contribution in [3.05, 3.63) is 65.7 Å². The van der Waals surface area contributed by atoms with Crippen LogP contribution in [0.1, 0.15) is 38.3 Å². The van der Waals surface area contributed by atoms with Crippen molar-refractivity contribution < 1.29 is 32.3 Å². The van der Waals surface area contributed by atoms with E-state index in [0.29, 0.717) is 6.42 Å². The van der Waals surface area contributed by atoms with E-state index < -0.39 is 47.3 Å². The van der Waals surface area contributed by atoms with Crippen LogP contribution < -0.4 is 21.7 Å². The quantitative estimate of drug-likeness (QED) is 0.412. The van der Waals surface area contributed by atoms with Crippen molar-refractivity contribution in [1.82, 2.24) is 10.6 Å². The number of rotatable bonds is 9. The SMILES string of the molecule is CC(C)(C)OC(=O)NC(CN)C(=O)NC(CCc1ccccc1)C(=O)Nc1cccc(C(F)(F)F)c1. The molecule has 0 heterocycles. The Balaban J connectivity index is 2.17. The van der Waals surface area contributed by atoms with Gasteiger partial charge in [0.2, 0.25) is 11.8 Å². The van der Waals surface area contributed by atoms with Gasteiger partial charge >= 0.3 is 12.3 Å². The Morgan fingerprint density at radius 2 is 1.58 bits per heavy atom. The van der Waals surface area contributed by atoms with E-state index in [1.54, 1.807) is 20.8 Å². The highest BCUT2D eigenvalue weighted by molar-refractivity contribution is 5.98. The van der Waals surface area contributed by atoms with E-state index in [9.17, 15) is 27.6 Å². The number of benzene rings is 2. The number of nitrogens with two attached hydrogens (primary N) is 1. The summed E-state index contributed by atoms with van der Waals surface area (Å²) in [6.07, 6.45) is -4.90. The van der Waals surface area contributed by atoms with Crippen molar-refractivity contribution in [2.75, 3.05) is 11.9 Å². The van der Waals surface area contributed by atoms with Crippen molar-refractivity contribution in [2.45, 2.75) is 57.5 Å². The Labute approximate surface area is 207 Å². The highest BCUT2D eigenvalue weighted by Gasteiger charge is 2.31. The van der Waals surface area contributed by atoms with E-state index in [-0.39, 0.29) is 18.7 Å². The Hall–Kier alpha value is -3.60. The molecule has 0 aliphatic rings. The first-order valence-corrected chi connectivity index (χ1v) is 11.3. The average molecular weight is 509 g/mol. The fourth-order valence-electron chi connectivity index (χ4n) is 3.18. The summed E-state index contributed by atoms with van der Waals surface area (Å²) in [7, 11) is 0. The van der Waals surface area contributed by atoms with Gasteiger partial charge in [0.15, 0.2) is 0 Å². The van der Waals surface area contributed by atoms with Crippen molar-refractivity contribution >= 4 is 23.6 Å². The van der Waals surface area contributed by atoms with Gasteiger partial charge in [-0.25, -0.2) is 4.79 Å². The summed E-state index contributed by atoms with van der Waals surface area (Å²) in [5, 5.41) is 7.34. The molecule has 11 heteroatoms. The summed E-state index contributed by atoms with van der Waals surface area (Å²) in [6, 6.07) is 11.0. The van der Waals surface area contributed by atoms with Gasteiger partial charge in [0.05, 0.1) is 5.56 Å². The molecule has 0 aliphatic heterocycles. The third-order valence-electron chi connectivity index (χ3n) is 4.90. The summed E-state index contributed by atoms with van der Waals surface area (Å²) in [4.78, 5) is 37.9. The average Bonchev–Trinajstić information content (AvgIpc) is 2.79. The molecule has 8 nitrogen and oxygen atoms in total. The minimum atomic E-state index is -4.58. The third-order valence-corrected chi connectivity index (χ3v) is 4.90. The van der Waals surface area contributed by atoms with Crippen molar-refractivity contribution in [2.24, 2.45) is 5.73 Å². The lowest BCUT2D eigenvalue weighted by atomic mass is 10.0. The maximum absolute atomic E-state index is 13.1. The summed E-state index contributed by atoms with van der Waals surface area (Å²) >= 11 is 0. The zero-order valence-electron chi connectivity index (χ0n) is 20.3. The van der Waals surface area contributed by atoms with Gasteiger partial charge in [0, 0.05) is 12.2 Å². The maximum atomic E-state index is 13.1. The van der Waals surface area contributed by atoms with Crippen LogP contribution >= 0.6 is 0 Å². The Bertz CT molecular complexity index is 1040. The van der Waals surface area contributed by atoms with Gasteiger partial charge in [-0.2, -0.15) is 13.2 Å². The molecule has 196 valence electrons. The highest BCUT2D eigenvalue weighted by atomic mass is 19.4. The molecule has 5 N–H and O–H groups in total. The largest absolute Gasteiger partial charge is 0.444 e. The van der Waals surface area contributed by atoms with Crippen LogP contribution in [-0.4, -0.2) is 42.1 Å². The fraction of sp³-hybridized carbons (Fsp3) is 0.400. The van der Waals surface area contributed by atoms with Gasteiger partial charge in [0.1, 0.15) is 17.7 Å². The number of anilines is 1. The Morgan fingerprint density at radius 1 is 0.917 bits per heavy atom. The van der Waals surface area contributed by atoms with Gasteiger partial charge < -0.3 is 26.4 Å². The molecule has 0 saturated heterocycles. The van der Waals surface area contributed by atoms with Crippen LogP contribution in [0.25, 0.3) is 0 Å². The lowest BCUT2D eigenvalue weighted by Gasteiger charge is -2.24. The number of hydrogen-bond acceptors (Lipinski definition) is 5. The smallest absolute Gasteiger partial charge is 0.416 e. The van der Waals surface area contributed by atoms with Crippen LogP contribution in [0, 0.1) is 0 Å². The number of nitrogens with one attached hydrogen (secondary N) is 3. The number of aryl methyl sites for hydroxylation is 1. The number of carbonyl (C=O) groups is 3. The molecular formula is C25H31F3N4O4. The van der Waals surface area contributed by atoms with Crippen LogP contribution in [0.4, 0.5) is 23.7 Å². The Kier molecular flexibility index (Phi) is 9.85. The molecule has 2 rings (SSSR count). The van der Waals surface area contributed by atoms with E-state index in [4.69, 9.17) is 10.5 Å². The zero-order valence-corrected chi connectivity index (χ0v) is 20.3. The summed E-state index contributed by atoms with van der Waals surface area (Å²) in [5.74, 6) is -1.45. The summed E-state index contributed by atoms with van der Waals surface area (Å²) in [6.45, 7) is 4.69. The number of carbonyl (C=O) groups excluding carboxylic acids is 3. The minimum absolute atomic E-state index is 0.0731. The molecule has 0 aromatic heterocycles. The standard InChI is InChI=1S/C25H31F3N4O4/c1-24(2,3)36-23(35)32-20(15-29)22(34)31-19(13-12-16-8-5-4-6-9-16)21(33)30-18-11-7-10-17(14-18)25(26,27)28/h4-11,14,19-20H,12-13,15,29H2,1-3H3,(H,30,33)(H,31,34)(H,32,35). The number of halogens is 3. The molecule has 0 bridgehead atoms. The Morgan fingerprint density at radius 3 is 2.17 bits per heavy atom. The van der Waals surface area contributed by atoms with Gasteiger partial charge in [-0.3, -0.25) is 9.59 Å². The predicted molar refractivity (Wildman–Crippen MR) is 129 cm³/mol. The van der Waals surface area contributed by atoms with Crippen molar-refractivity contribution in [1.29, 1.82) is 0 Å². The van der Waals surface area contributed by atoms with E-state index in [1.807, 2.05) is 30.3 Å². The van der Waals surface area contributed by atoms with E-state index in [0.717, 1.165) is 17.7 Å². The monoisotopic (exact) mass is 508 g/mol. The summed E-state index contributed by atoms with van der Waals surface area (Å²) < 4.78 is 44.3. The molecule has 0 fully saturated rings. The molecule has 0 aliphatic carbocycles. The molecule has 2 unspecified atom stereocenters. The molecule has 0 saturated carbocycles. The molecule has 0 radical (unpaired) electrons.